The SMILES string of the molecule is O=C(CSCc1cccs1)Nc1ccccc1C(=O)O. The van der Waals surface area contributed by atoms with Crippen molar-refractivity contribution in [3.8, 4) is 0 Å². The number of hydrogen-bond donors (Lipinski definition) is 2. The third-order valence-corrected chi connectivity index (χ3v) is 4.53. The summed E-state index contributed by atoms with van der Waals surface area (Å²) in [5, 5.41) is 13.7. The van der Waals surface area contributed by atoms with Crippen molar-refractivity contribution in [2.45, 2.75) is 5.75 Å². The Morgan fingerprint density at radius 2 is 2.00 bits per heavy atom. The summed E-state index contributed by atoms with van der Waals surface area (Å²) in [5.41, 5.74) is 0.436. The van der Waals surface area contributed by atoms with E-state index in [1.54, 1.807) is 29.5 Å². The molecule has 1 aromatic heterocycles. The predicted molar refractivity (Wildman–Crippen MR) is 82.5 cm³/mol. The predicted octanol–water partition coefficient (Wildman–Crippen LogP) is 3.32. The van der Waals surface area contributed by atoms with E-state index in [2.05, 4.69) is 5.32 Å². The van der Waals surface area contributed by atoms with Gasteiger partial charge in [-0.3, -0.25) is 4.79 Å². The zero-order valence-corrected chi connectivity index (χ0v) is 12.2. The van der Waals surface area contributed by atoms with Gasteiger partial charge in [-0.25, -0.2) is 4.79 Å². The number of benzene rings is 1. The average Bonchev–Trinajstić information content (AvgIpc) is 2.92. The number of nitrogens with one attached hydrogen (secondary N) is 1. The molecule has 0 aliphatic carbocycles. The van der Waals surface area contributed by atoms with Crippen LogP contribution in [0.1, 0.15) is 15.2 Å². The van der Waals surface area contributed by atoms with Crippen molar-refractivity contribution in [1.82, 2.24) is 0 Å². The normalized spacial score (nSPS) is 10.2. The number of rotatable bonds is 6. The second-order valence-corrected chi connectivity index (χ2v) is 5.99. The molecular weight excluding hydrogens is 294 g/mol. The first kappa shape index (κ1) is 14.6. The number of carbonyl (C=O) groups is 2. The molecule has 4 nitrogen and oxygen atoms in total. The Morgan fingerprint density at radius 1 is 1.20 bits per heavy atom. The van der Waals surface area contributed by atoms with Crippen LogP contribution in [0.15, 0.2) is 41.8 Å². The quantitative estimate of drug-likeness (QED) is 0.859. The van der Waals surface area contributed by atoms with Crippen LogP contribution in [-0.2, 0) is 10.5 Å². The van der Waals surface area contributed by atoms with Gasteiger partial charge in [-0.15, -0.1) is 23.1 Å². The molecule has 20 heavy (non-hydrogen) atoms. The van der Waals surface area contributed by atoms with Crippen LogP contribution in [0.25, 0.3) is 0 Å². The Kier molecular flexibility index (Phi) is 5.20. The first-order valence-corrected chi connectivity index (χ1v) is 7.92. The van der Waals surface area contributed by atoms with E-state index in [1.807, 2.05) is 17.5 Å². The van der Waals surface area contributed by atoms with Crippen LogP contribution >= 0.6 is 23.1 Å². The molecule has 0 radical (unpaired) electrons. The van der Waals surface area contributed by atoms with Crippen LogP contribution in [0.5, 0.6) is 0 Å². The highest BCUT2D eigenvalue weighted by Gasteiger charge is 2.11. The average molecular weight is 307 g/mol. The lowest BCUT2D eigenvalue weighted by molar-refractivity contribution is -0.113. The molecule has 0 bridgehead atoms. The van der Waals surface area contributed by atoms with Crippen molar-refractivity contribution >= 4 is 40.7 Å². The van der Waals surface area contributed by atoms with Crippen molar-refractivity contribution < 1.29 is 14.7 Å². The van der Waals surface area contributed by atoms with Gasteiger partial charge in [0.15, 0.2) is 0 Å². The maximum Gasteiger partial charge on any atom is 0.337 e. The number of carboxylic acids is 1. The van der Waals surface area contributed by atoms with E-state index in [4.69, 9.17) is 5.11 Å². The van der Waals surface area contributed by atoms with E-state index in [1.165, 1.54) is 22.7 Å². The summed E-state index contributed by atoms with van der Waals surface area (Å²) in [7, 11) is 0. The number of amides is 1. The summed E-state index contributed by atoms with van der Waals surface area (Å²) in [6, 6.07) is 10.4. The number of carbonyl (C=O) groups excluding carboxylic acids is 1. The summed E-state index contributed by atoms with van der Waals surface area (Å²) < 4.78 is 0. The summed E-state index contributed by atoms with van der Waals surface area (Å²) in [6.07, 6.45) is 0. The molecule has 1 aromatic carbocycles. The lowest BCUT2D eigenvalue weighted by atomic mass is 10.2. The molecule has 0 unspecified atom stereocenters. The minimum Gasteiger partial charge on any atom is -0.478 e. The molecule has 104 valence electrons. The smallest absolute Gasteiger partial charge is 0.337 e. The number of hydrogen-bond acceptors (Lipinski definition) is 4. The third kappa shape index (κ3) is 4.11. The van der Waals surface area contributed by atoms with Crippen LogP contribution in [0.3, 0.4) is 0 Å². The van der Waals surface area contributed by atoms with Gasteiger partial charge in [-0.05, 0) is 23.6 Å². The Balaban J connectivity index is 1.87. The first-order chi connectivity index (χ1) is 9.66. The van der Waals surface area contributed by atoms with Crippen LogP contribution in [0, 0.1) is 0 Å². The van der Waals surface area contributed by atoms with Crippen molar-refractivity contribution in [1.29, 1.82) is 0 Å². The lowest BCUT2D eigenvalue weighted by Crippen LogP contribution is -2.16. The van der Waals surface area contributed by atoms with Gasteiger partial charge in [0.1, 0.15) is 0 Å². The van der Waals surface area contributed by atoms with Crippen LogP contribution in [0.2, 0.25) is 0 Å². The summed E-state index contributed by atoms with van der Waals surface area (Å²) in [6.45, 7) is 0. The van der Waals surface area contributed by atoms with E-state index >= 15 is 0 Å². The number of thiophene rings is 1. The molecule has 2 rings (SSSR count). The zero-order chi connectivity index (χ0) is 14.4. The maximum atomic E-state index is 11.8. The van der Waals surface area contributed by atoms with Gasteiger partial charge in [0.05, 0.1) is 17.0 Å². The Bertz CT molecular complexity index is 596. The second kappa shape index (κ2) is 7.12. The molecule has 1 amide bonds. The minimum atomic E-state index is -1.05. The fourth-order valence-electron chi connectivity index (χ4n) is 1.60. The highest BCUT2D eigenvalue weighted by atomic mass is 32.2. The van der Waals surface area contributed by atoms with Gasteiger partial charge in [0.2, 0.25) is 5.91 Å². The van der Waals surface area contributed by atoms with E-state index in [0.717, 1.165) is 5.75 Å². The van der Waals surface area contributed by atoms with Gasteiger partial charge < -0.3 is 10.4 Å². The highest BCUT2D eigenvalue weighted by molar-refractivity contribution is 7.99. The van der Waals surface area contributed by atoms with Gasteiger partial charge in [0.25, 0.3) is 0 Å². The molecule has 0 spiro atoms. The van der Waals surface area contributed by atoms with E-state index in [9.17, 15) is 9.59 Å². The number of thioether (sulfide) groups is 1. The number of anilines is 1. The number of para-hydroxylation sites is 1. The molecule has 0 fully saturated rings. The molecule has 1 heterocycles. The third-order valence-electron chi connectivity index (χ3n) is 2.49. The van der Waals surface area contributed by atoms with Gasteiger partial charge in [-0.2, -0.15) is 0 Å². The Labute approximate surface area is 124 Å². The fraction of sp³-hybridized carbons (Fsp3) is 0.143. The number of carboxylic acid groups (broad SMARTS) is 1. The molecule has 2 aromatic rings. The largest absolute Gasteiger partial charge is 0.478 e. The molecule has 2 N–H and O–H groups in total. The highest BCUT2D eigenvalue weighted by Crippen LogP contribution is 2.18. The maximum absolute atomic E-state index is 11.8. The summed E-state index contributed by atoms with van der Waals surface area (Å²) in [5.74, 6) is -0.162. The van der Waals surface area contributed by atoms with E-state index in [-0.39, 0.29) is 11.5 Å². The zero-order valence-electron chi connectivity index (χ0n) is 10.5. The number of aromatic carboxylic acids is 1. The lowest BCUT2D eigenvalue weighted by Gasteiger charge is -2.07. The van der Waals surface area contributed by atoms with Crippen LogP contribution < -0.4 is 5.32 Å². The second-order valence-electron chi connectivity index (χ2n) is 3.97. The van der Waals surface area contributed by atoms with Gasteiger partial charge in [-0.1, -0.05) is 18.2 Å². The fourth-order valence-corrected chi connectivity index (χ4v) is 3.27. The molecule has 0 saturated carbocycles. The van der Waals surface area contributed by atoms with Gasteiger partial charge in [0, 0.05) is 10.6 Å². The van der Waals surface area contributed by atoms with Crippen LogP contribution in [-0.4, -0.2) is 22.7 Å². The molecule has 0 aliphatic rings. The molecule has 0 aliphatic heterocycles. The van der Waals surface area contributed by atoms with Crippen molar-refractivity contribution in [2.24, 2.45) is 0 Å². The molecule has 0 saturated heterocycles. The van der Waals surface area contributed by atoms with Crippen LogP contribution in [0.4, 0.5) is 5.69 Å². The molecule has 6 heteroatoms. The standard InChI is InChI=1S/C14H13NO3S2/c16-13(9-19-8-10-4-3-7-20-10)15-12-6-2-1-5-11(12)14(17)18/h1-7H,8-9H2,(H,15,16)(H,17,18). The Hall–Kier alpha value is -1.79. The topological polar surface area (TPSA) is 66.4 Å². The summed E-state index contributed by atoms with van der Waals surface area (Å²) in [4.78, 5) is 24.0. The molecule has 0 atom stereocenters. The summed E-state index contributed by atoms with van der Waals surface area (Å²) >= 11 is 3.16. The van der Waals surface area contributed by atoms with E-state index < -0.39 is 5.97 Å². The van der Waals surface area contributed by atoms with Gasteiger partial charge >= 0.3 is 5.97 Å². The van der Waals surface area contributed by atoms with Crippen molar-refractivity contribution in [2.75, 3.05) is 11.1 Å². The minimum absolute atomic E-state index is 0.101. The first-order valence-electron chi connectivity index (χ1n) is 5.89. The van der Waals surface area contributed by atoms with Crippen molar-refractivity contribution in [3.05, 3.63) is 52.2 Å². The van der Waals surface area contributed by atoms with E-state index in [0.29, 0.717) is 11.4 Å². The Morgan fingerprint density at radius 3 is 2.70 bits per heavy atom. The monoisotopic (exact) mass is 307 g/mol. The molecular formula is C14H13NO3S2. The van der Waals surface area contributed by atoms with Crippen molar-refractivity contribution in [3.63, 3.8) is 0 Å².